The first kappa shape index (κ1) is 21.1. The van der Waals surface area contributed by atoms with Crippen molar-refractivity contribution in [1.82, 2.24) is 0 Å². The lowest BCUT2D eigenvalue weighted by molar-refractivity contribution is -0.137. The van der Waals surface area contributed by atoms with Gasteiger partial charge in [-0.3, -0.25) is 9.59 Å². The van der Waals surface area contributed by atoms with Crippen molar-refractivity contribution < 1.29 is 14.7 Å². The molecule has 0 atom stereocenters. The van der Waals surface area contributed by atoms with Gasteiger partial charge in [-0.05, 0) is 38.2 Å². The maximum absolute atomic E-state index is 11.6. The normalized spacial score (nSPS) is 12.2. The number of carbonyl (C=O) groups is 2. The van der Waals surface area contributed by atoms with Crippen molar-refractivity contribution in [1.29, 1.82) is 0 Å². The molecule has 0 aromatic heterocycles. The van der Waals surface area contributed by atoms with Crippen LogP contribution in [-0.4, -0.2) is 16.9 Å². The Balaban J connectivity index is 3.64. The molecular weight excluding hydrogens is 288 g/mol. The van der Waals surface area contributed by atoms with Crippen molar-refractivity contribution in [2.75, 3.05) is 0 Å². The van der Waals surface area contributed by atoms with Crippen LogP contribution in [0.4, 0.5) is 0 Å². The maximum Gasteiger partial charge on any atom is 0.303 e. The third-order valence-electron chi connectivity index (χ3n) is 3.19. The summed E-state index contributed by atoms with van der Waals surface area (Å²) >= 11 is 0. The molecule has 0 aliphatic heterocycles. The predicted octanol–water partition coefficient (Wildman–Crippen LogP) is 5.40. The molecule has 0 unspecified atom stereocenters. The summed E-state index contributed by atoms with van der Waals surface area (Å²) in [7, 11) is 0. The molecule has 128 valence electrons. The van der Waals surface area contributed by atoms with Crippen molar-refractivity contribution in [3.05, 3.63) is 48.6 Å². The molecule has 0 saturated heterocycles. The molecule has 0 saturated carbocycles. The summed E-state index contributed by atoms with van der Waals surface area (Å²) < 4.78 is 0. The number of hydrogen-bond acceptors (Lipinski definition) is 2. The van der Waals surface area contributed by atoms with Crippen LogP contribution in [0.3, 0.4) is 0 Å². The van der Waals surface area contributed by atoms with Gasteiger partial charge in [0.05, 0.1) is 0 Å². The Morgan fingerprint density at radius 3 is 2.35 bits per heavy atom. The Kier molecular flexibility index (Phi) is 15.1. The second kappa shape index (κ2) is 16.5. The maximum atomic E-state index is 11.6. The molecule has 23 heavy (non-hydrogen) atoms. The number of allylic oxidation sites excluding steroid dienone is 8. The minimum Gasteiger partial charge on any atom is -0.481 e. The van der Waals surface area contributed by atoms with Crippen LogP contribution in [0.5, 0.6) is 0 Å². The van der Waals surface area contributed by atoms with Gasteiger partial charge in [0.25, 0.3) is 0 Å². The monoisotopic (exact) mass is 318 g/mol. The van der Waals surface area contributed by atoms with Crippen molar-refractivity contribution in [3.8, 4) is 0 Å². The third kappa shape index (κ3) is 18.1. The fourth-order valence-electron chi connectivity index (χ4n) is 1.88. The Morgan fingerprint density at radius 1 is 0.870 bits per heavy atom. The Hall–Kier alpha value is -1.90. The molecule has 0 aromatic carbocycles. The summed E-state index contributed by atoms with van der Waals surface area (Å²) in [6.45, 7) is 2.18. The molecule has 0 heterocycles. The van der Waals surface area contributed by atoms with Crippen LogP contribution in [0.1, 0.15) is 64.7 Å². The van der Waals surface area contributed by atoms with Gasteiger partial charge in [0.2, 0.25) is 0 Å². The summed E-state index contributed by atoms with van der Waals surface area (Å²) in [5.74, 6) is -0.630. The molecule has 0 radical (unpaired) electrons. The van der Waals surface area contributed by atoms with Crippen LogP contribution in [0.2, 0.25) is 0 Å². The number of aliphatic carboxylic acids is 1. The van der Waals surface area contributed by atoms with Crippen molar-refractivity contribution in [2.24, 2.45) is 0 Å². The summed E-state index contributed by atoms with van der Waals surface area (Å²) in [4.78, 5) is 21.9. The van der Waals surface area contributed by atoms with E-state index in [1.807, 2.05) is 30.4 Å². The highest BCUT2D eigenvalue weighted by Gasteiger charge is 1.92. The van der Waals surface area contributed by atoms with E-state index in [9.17, 15) is 9.59 Å². The van der Waals surface area contributed by atoms with E-state index in [0.717, 1.165) is 19.3 Å². The van der Waals surface area contributed by atoms with Gasteiger partial charge in [-0.15, -0.1) is 0 Å². The highest BCUT2D eigenvalue weighted by molar-refractivity contribution is 5.90. The molecule has 0 aliphatic rings. The number of carboxylic acids is 1. The largest absolute Gasteiger partial charge is 0.481 e. The lowest BCUT2D eigenvalue weighted by Crippen LogP contribution is -1.92. The van der Waals surface area contributed by atoms with Crippen LogP contribution in [0.25, 0.3) is 0 Å². The molecule has 0 aromatic rings. The van der Waals surface area contributed by atoms with E-state index in [1.54, 1.807) is 12.2 Å². The topological polar surface area (TPSA) is 54.4 Å². The highest BCUT2D eigenvalue weighted by Crippen LogP contribution is 2.01. The van der Waals surface area contributed by atoms with E-state index in [0.29, 0.717) is 12.8 Å². The SMILES string of the molecule is CCCCC/C=C\CC(=O)/C=C\C=C/C/C=C\CCCC(=O)O. The van der Waals surface area contributed by atoms with Gasteiger partial charge in [-0.25, -0.2) is 0 Å². The number of carboxylic acid groups (broad SMARTS) is 1. The average Bonchev–Trinajstić information content (AvgIpc) is 2.52. The van der Waals surface area contributed by atoms with Crippen molar-refractivity contribution >= 4 is 11.8 Å². The summed E-state index contributed by atoms with van der Waals surface area (Å²) in [6.07, 6.45) is 22.9. The molecule has 0 fully saturated rings. The number of unbranched alkanes of at least 4 members (excludes halogenated alkanes) is 4. The minimum absolute atomic E-state index is 0.116. The van der Waals surface area contributed by atoms with Crippen LogP contribution in [-0.2, 0) is 9.59 Å². The summed E-state index contributed by atoms with van der Waals surface area (Å²) in [5, 5.41) is 8.49. The van der Waals surface area contributed by atoms with Crippen molar-refractivity contribution in [2.45, 2.75) is 64.7 Å². The fraction of sp³-hybridized carbons (Fsp3) is 0.500. The molecule has 0 bridgehead atoms. The second-order valence-corrected chi connectivity index (χ2v) is 5.42. The zero-order valence-corrected chi connectivity index (χ0v) is 14.2. The van der Waals surface area contributed by atoms with Gasteiger partial charge in [-0.2, -0.15) is 0 Å². The smallest absolute Gasteiger partial charge is 0.303 e. The quantitative estimate of drug-likeness (QED) is 0.202. The van der Waals surface area contributed by atoms with Gasteiger partial charge in [0, 0.05) is 12.8 Å². The van der Waals surface area contributed by atoms with E-state index in [2.05, 4.69) is 13.0 Å². The standard InChI is InChI=1S/C20H30O3/c1-2-3-4-5-10-13-16-19(21)17-14-11-8-6-7-9-12-15-18-20(22)23/h7-11,13-14,17H,2-6,12,15-16,18H2,1H3,(H,22,23)/b9-7-,11-8-,13-10-,17-14-. The summed E-state index contributed by atoms with van der Waals surface area (Å²) in [5.41, 5.74) is 0. The zero-order valence-electron chi connectivity index (χ0n) is 14.2. The summed E-state index contributed by atoms with van der Waals surface area (Å²) in [6, 6.07) is 0. The molecule has 0 aliphatic carbocycles. The number of ketones is 1. The van der Waals surface area contributed by atoms with E-state index in [-0.39, 0.29) is 12.2 Å². The molecular formula is C20H30O3. The van der Waals surface area contributed by atoms with Gasteiger partial charge in [0.15, 0.2) is 5.78 Å². The minimum atomic E-state index is -0.746. The Bertz CT molecular complexity index is 428. The highest BCUT2D eigenvalue weighted by atomic mass is 16.4. The van der Waals surface area contributed by atoms with Crippen LogP contribution < -0.4 is 0 Å². The zero-order chi connectivity index (χ0) is 17.2. The second-order valence-electron chi connectivity index (χ2n) is 5.42. The van der Waals surface area contributed by atoms with Crippen LogP contribution >= 0.6 is 0 Å². The fourth-order valence-corrected chi connectivity index (χ4v) is 1.88. The third-order valence-corrected chi connectivity index (χ3v) is 3.19. The lowest BCUT2D eigenvalue weighted by Gasteiger charge is -1.91. The van der Waals surface area contributed by atoms with Gasteiger partial charge in [0.1, 0.15) is 0 Å². The van der Waals surface area contributed by atoms with Crippen LogP contribution in [0, 0.1) is 0 Å². The van der Waals surface area contributed by atoms with E-state index in [4.69, 9.17) is 5.11 Å². The average molecular weight is 318 g/mol. The number of carbonyl (C=O) groups excluding carboxylic acids is 1. The molecule has 0 amide bonds. The Morgan fingerprint density at radius 2 is 1.61 bits per heavy atom. The first-order valence-corrected chi connectivity index (χ1v) is 8.54. The van der Waals surface area contributed by atoms with Crippen molar-refractivity contribution in [3.63, 3.8) is 0 Å². The van der Waals surface area contributed by atoms with Crippen LogP contribution in [0.15, 0.2) is 48.6 Å². The molecule has 3 nitrogen and oxygen atoms in total. The van der Waals surface area contributed by atoms with E-state index < -0.39 is 5.97 Å². The number of hydrogen-bond donors (Lipinski definition) is 1. The van der Waals surface area contributed by atoms with Gasteiger partial charge >= 0.3 is 5.97 Å². The molecule has 0 spiro atoms. The first-order chi connectivity index (χ1) is 11.2. The predicted molar refractivity (Wildman–Crippen MR) is 96.4 cm³/mol. The molecule has 3 heteroatoms. The molecule has 0 rings (SSSR count). The van der Waals surface area contributed by atoms with Gasteiger partial charge in [-0.1, -0.05) is 62.3 Å². The van der Waals surface area contributed by atoms with Gasteiger partial charge < -0.3 is 5.11 Å². The Labute approximate surface area is 140 Å². The lowest BCUT2D eigenvalue weighted by atomic mass is 10.1. The molecule has 1 N–H and O–H groups in total. The number of rotatable bonds is 14. The van der Waals surface area contributed by atoms with E-state index >= 15 is 0 Å². The van der Waals surface area contributed by atoms with E-state index in [1.165, 1.54) is 19.3 Å². The first-order valence-electron chi connectivity index (χ1n) is 8.54.